The van der Waals surface area contributed by atoms with Crippen LogP contribution in [0.25, 0.3) is 0 Å². The van der Waals surface area contributed by atoms with E-state index in [9.17, 15) is 0 Å². The Labute approximate surface area is 50.4 Å². The summed E-state index contributed by atoms with van der Waals surface area (Å²) in [6.45, 7) is 9.08. The van der Waals surface area contributed by atoms with Gasteiger partial charge < -0.3 is 0 Å². The molecule has 0 aliphatic carbocycles. The van der Waals surface area contributed by atoms with Crippen molar-refractivity contribution in [2.45, 2.75) is 13.3 Å². The zero-order chi connectivity index (χ0) is 6.41. The minimum absolute atomic E-state index is 0.978. The molecule has 44 valence electrons. The molecule has 0 rings (SSSR count). The van der Waals surface area contributed by atoms with Gasteiger partial charge in [0.25, 0.3) is 0 Å². The Bertz CT molecular complexity index is 112. The van der Waals surface area contributed by atoms with Crippen LogP contribution in [0.15, 0.2) is 29.4 Å². The van der Waals surface area contributed by atoms with E-state index in [1.165, 1.54) is 0 Å². The van der Waals surface area contributed by atoms with E-state index in [1.54, 1.807) is 6.20 Å². The number of hydrogen-bond donors (Lipinski definition) is 0. The number of rotatable bonds is 3. The molecule has 0 radical (unpaired) electrons. The lowest BCUT2D eigenvalue weighted by Crippen LogP contribution is -1.65. The zero-order valence-corrected chi connectivity index (χ0v) is 5.22. The second-order valence-corrected chi connectivity index (χ2v) is 1.51. The third-order valence-corrected chi connectivity index (χ3v) is 0.870. The maximum atomic E-state index is 3.74. The van der Waals surface area contributed by atoms with Gasteiger partial charge in [-0.3, -0.25) is 4.99 Å². The molecule has 8 heavy (non-hydrogen) atoms. The third-order valence-electron chi connectivity index (χ3n) is 0.870. The molecule has 0 saturated carbocycles. The third kappa shape index (κ3) is 3.34. The maximum absolute atomic E-state index is 3.74. The molecular weight excluding hydrogens is 98.1 g/mol. The van der Waals surface area contributed by atoms with Gasteiger partial charge >= 0.3 is 0 Å². The highest BCUT2D eigenvalue weighted by Crippen LogP contribution is 1.96. The minimum Gasteiger partial charge on any atom is -0.273 e. The molecule has 0 saturated heterocycles. The number of allylic oxidation sites excluding steroid dienone is 2. The average molecular weight is 109 g/mol. The second-order valence-electron chi connectivity index (χ2n) is 1.51. The van der Waals surface area contributed by atoms with Crippen LogP contribution in [0, 0.1) is 0 Å². The molecule has 0 unspecified atom stereocenters. The first-order chi connectivity index (χ1) is 3.81. The van der Waals surface area contributed by atoms with Crippen molar-refractivity contribution in [1.82, 2.24) is 0 Å². The largest absolute Gasteiger partial charge is 0.273 e. The first kappa shape index (κ1) is 7.15. The molecular formula is C7H11N. The van der Waals surface area contributed by atoms with E-state index in [1.807, 2.05) is 6.08 Å². The monoisotopic (exact) mass is 109 g/mol. The average Bonchev–Trinajstić information content (AvgIpc) is 1.83. The Morgan fingerprint density at radius 3 is 2.75 bits per heavy atom. The summed E-state index contributed by atoms with van der Waals surface area (Å²) in [5, 5.41) is 0. The summed E-state index contributed by atoms with van der Waals surface area (Å²) in [7, 11) is 0. The standard InChI is InChI=1S/C7H11N/c1-4-7(2)5-6-8-3/h5-6H,2-4H2,1H3/b6-5-. The van der Waals surface area contributed by atoms with Crippen molar-refractivity contribution in [2.24, 2.45) is 4.99 Å². The van der Waals surface area contributed by atoms with Gasteiger partial charge in [-0.2, -0.15) is 0 Å². The highest BCUT2D eigenvalue weighted by molar-refractivity contribution is 5.27. The van der Waals surface area contributed by atoms with Crippen molar-refractivity contribution < 1.29 is 0 Å². The fraction of sp³-hybridized carbons (Fsp3) is 0.286. The van der Waals surface area contributed by atoms with Crippen LogP contribution in [-0.2, 0) is 0 Å². The van der Waals surface area contributed by atoms with Crippen LogP contribution >= 0.6 is 0 Å². The first-order valence-corrected chi connectivity index (χ1v) is 2.61. The summed E-state index contributed by atoms with van der Waals surface area (Å²) in [6.07, 6.45) is 4.48. The molecule has 0 aliphatic rings. The van der Waals surface area contributed by atoms with E-state index in [-0.39, 0.29) is 0 Å². The first-order valence-electron chi connectivity index (χ1n) is 2.61. The SMILES string of the molecule is C=N/C=C\C(=C)CC. The van der Waals surface area contributed by atoms with E-state index in [0.29, 0.717) is 0 Å². The Morgan fingerprint density at radius 1 is 1.75 bits per heavy atom. The van der Waals surface area contributed by atoms with Gasteiger partial charge in [-0.15, -0.1) is 0 Å². The van der Waals surface area contributed by atoms with Gasteiger partial charge in [-0.25, -0.2) is 0 Å². The molecule has 0 aromatic rings. The summed E-state index contributed by atoms with van der Waals surface area (Å²) in [6, 6.07) is 0. The summed E-state index contributed by atoms with van der Waals surface area (Å²) in [5.74, 6) is 0. The van der Waals surface area contributed by atoms with Crippen molar-refractivity contribution in [2.75, 3.05) is 0 Å². The van der Waals surface area contributed by atoms with Crippen molar-refractivity contribution in [3.63, 3.8) is 0 Å². The molecule has 0 amide bonds. The van der Waals surface area contributed by atoms with Crippen molar-refractivity contribution in [3.8, 4) is 0 Å². The highest BCUT2D eigenvalue weighted by Gasteiger charge is 1.76. The Morgan fingerprint density at radius 2 is 2.38 bits per heavy atom. The van der Waals surface area contributed by atoms with Crippen LogP contribution in [0.4, 0.5) is 0 Å². The Kier molecular flexibility index (Phi) is 3.85. The van der Waals surface area contributed by atoms with Gasteiger partial charge in [0.2, 0.25) is 0 Å². The van der Waals surface area contributed by atoms with Crippen molar-refractivity contribution in [3.05, 3.63) is 24.4 Å². The number of aliphatic imine (C=N–C) groups is 1. The lowest BCUT2D eigenvalue weighted by Gasteiger charge is -1.86. The van der Waals surface area contributed by atoms with Crippen molar-refractivity contribution >= 4 is 6.72 Å². The Hall–Kier alpha value is -0.850. The van der Waals surface area contributed by atoms with Crippen LogP contribution in [0.2, 0.25) is 0 Å². The molecule has 0 N–H and O–H groups in total. The molecule has 1 nitrogen and oxygen atoms in total. The lowest BCUT2D eigenvalue weighted by molar-refractivity contribution is 1.16. The predicted molar refractivity (Wildman–Crippen MR) is 38.1 cm³/mol. The van der Waals surface area contributed by atoms with E-state index in [2.05, 4.69) is 25.2 Å². The Balaban J connectivity index is 3.52. The van der Waals surface area contributed by atoms with Crippen LogP contribution in [-0.4, -0.2) is 6.72 Å². The lowest BCUT2D eigenvalue weighted by atomic mass is 10.2. The predicted octanol–water partition coefficient (Wildman–Crippen LogP) is 2.17. The molecule has 0 bridgehead atoms. The zero-order valence-electron chi connectivity index (χ0n) is 5.22. The van der Waals surface area contributed by atoms with Crippen molar-refractivity contribution in [1.29, 1.82) is 0 Å². The van der Waals surface area contributed by atoms with Crippen LogP contribution in [0.5, 0.6) is 0 Å². The molecule has 0 aromatic carbocycles. The quantitative estimate of drug-likeness (QED) is 0.389. The fourth-order valence-electron chi connectivity index (χ4n) is 0.276. The minimum atomic E-state index is 0.978. The van der Waals surface area contributed by atoms with E-state index < -0.39 is 0 Å². The summed E-state index contributed by atoms with van der Waals surface area (Å²) in [5.41, 5.74) is 1.08. The topological polar surface area (TPSA) is 12.4 Å². The van der Waals surface area contributed by atoms with Crippen LogP contribution < -0.4 is 0 Å². The second kappa shape index (κ2) is 4.31. The number of nitrogens with zero attached hydrogens (tertiary/aromatic N) is 1. The highest BCUT2D eigenvalue weighted by atomic mass is 14.6. The summed E-state index contributed by atoms with van der Waals surface area (Å²) < 4.78 is 0. The van der Waals surface area contributed by atoms with E-state index >= 15 is 0 Å². The van der Waals surface area contributed by atoms with Gasteiger partial charge in [0.1, 0.15) is 0 Å². The van der Waals surface area contributed by atoms with Gasteiger partial charge in [0.15, 0.2) is 0 Å². The maximum Gasteiger partial charge on any atom is 0.0263 e. The molecule has 0 aromatic heterocycles. The van der Waals surface area contributed by atoms with Crippen LogP contribution in [0.1, 0.15) is 13.3 Å². The molecule has 0 aliphatic heterocycles. The summed E-state index contributed by atoms with van der Waals surface area (Å²) in [4.78, 5) is 3.53. The number of hydrogen-bond acceptors (Lipinski definition) is 1. The molecule has 0 spiro atoms. The van der Waals surface area contributed by atoms with Gasteiger partial charge in [0, 0.05) is 6.20 Å². The smallest absolute Gasteiger partial charge is 0.0263 e. The molecule has 0 heterocycles. The van der Waals surface area contributed by atoms with Crippen LogP contribution in [0.3, 0.4) is 0 Å². The van der Waals surface area contributed by atoms with Gasteiger partial charge in [-0.05, 0) is 19.2 Å². The molecule has 1 heteroatoms. The van der Waals surface area contributed by atoms with Gasteiger partial charge in [0.05, 0.1) is 0 Å². The fourth-order valence-corrected chi connectivity index (χ4v) is 0.276. The summed E-state index contributed by atoms with van der Waals surface area (Å²) >= 11 is 0. The van der Waals surface area contributed by atoms with E-state index in [4.69, 9.17) is 0 Å². The van der Waals surface area contributed by atoms with Gasteiger partial charge in [-0.1, -0.05) is 19.1 Å². The normalized spacial score (nSPS) is 9.62. The van der Waals surface area contributed by atoms with E-state index in [0.717, 1.165) is 12.0 Å². The molecule has 0 fully saturated rings. The molecule has 0 atom stereocenters.